The summed E-state index contributed by atoms with van der Waals surface area (Å²) < 4.78 is 0. The summed E-state index contributed by atoms with van der Waals surface area (Å²) in [5, 5.41) is 3.51. The first-order chi connectivity index (χ1) is 7.77. The number of nitrogens with two attached hydrogens (primary N) is 1. The number of carbonyl (C=O) groups is 1. The van der Waals surface area contributed by atoms with E-state index in [9.17, 15) is 4.79 Å². The molecule has 4 heteroatoms. The number of nitrogens with one attached hydrogen (secondary N) is 1. The largest absolute Gasteiger partial charge is 0.368 e. The van der Waals surface area contributed by atoms with Gasteiger partial charge in [0, 0.05) is 6.04 Å². The van der Waals surface area contributed by atoms with E-state index in [4.69, 9.17) is 5.73 Å². The van der Waals surface area contributed by atoms with E-state index in [0.717, 1.165) is 12.2 Å². The van der Waals surface area contributed by atoms with Crippen LogP contribution in [0.3, 0.4) is 0 Å². The van der Waals surface area contributed by atoms with Gasteiger partial charge in [-0.1, -0.05) is 19.3 Å². The van der Waals surface area contributed by atoms with Crippen LogP contribution in [0.4, 0.5) is 0 Å². The number of rotatable bonds is 4. The summed E-state index contributed by atoms with van der Waals surface area (Å²) in [6.07, 6.45) is 7.50. The summed E-state index contributed by atoms with van der Waals surface area (Å²) in [5.74, 6) is 2.58. The normalized spacial score (nSPS) is 29.1. The molecule has 1 amide bonds. The first-order valence-corrected chi connectivity index (χ1v) is 7.56. The van der Waals surface area contributed by atoms with Crippen LogP contribution in [-0.2, 0) is 4.79 Å². The summed E-state index contributed by atoms with van der Waals surface area (Å²) in [6.45, 7) is 0. The Morgan fingerprint density at radius 1 is 1.25 bits per heavy atom. The van der Waals surface area contributed by atoms with Gasteiger partial charge in [0.2, 0.25) is 5.91 Å². The van der Waals surface area contributed by atoms with Crippen molar-refractivity contribution in [2.45, 2.75) is 50.6 Å². The zero-order valence-corrected chi connectivity index (χ0v) is 10.6. The zero-order chi connectivity index (χ0) is 11.4. The predicted octanol–water partition coefficient (Wildman–Crippen LogP) is 1.52. The van der Waals surface area contributed by atoms with Gasteiger partial charge in [0.1, 0.15) is 0 Å². The quantitative estimate of drug-likeness (QED) is 0.786. The maximum atomic E-state index is 11.5. The van der Waals surface area contributed by atoms with Crippen LogP contribution in [0.5, 0.6) is 0 Å². The van der Waals surface area contributed by atoms with Crippen molar-refractivity contribution in [2.75, 3.05) is 11.5 Å². The van der Waals surface area contributed by atoms with Crippen LogP contribution in [0, 0.1) is 5.92 Å². The van der Waals surface area contributed by atoms with Crippen molar-refractivity contribution >= 4 is 17.7 Å². The number of carbonyl (C=O) groups excluding carboxylic acids is 1. The molecule has 0 aromatic heterocycles. The van der Waals surface area contributed by atoms with Crippen molar-refractivity contribution in [1.29, 1.82) is 0 Å². The average molecular weight is 242 g/mol. The lowest BCUT2D eigenvalue weighted by Gasteiger charge is -2.29. The molecule has 2 atom stereocenters. The summed E-state index contributed by atoms with van der Waals surface area (Å²) in [6, 6.07) is 0.440. The first kappa shape index (κ1) is 12.2. The average Bonchev–Trinajstić information content (AvgIpc) is 2.80. The van der Waals surface area contributed by atoms with Crippen LogP contribution in [0.1, 0.15) is 38.5 Å². The smallest absolute Gasteiger partial charge is 0.234 e. The highest BCUT2D eigenvalue weighted by molar-refractivity contribution is 7.99. The molecule has 2 unspecified atom stereocenters. The first-order valence-electron chi connectivity index (χ1n) is 6.40. The number of hydrogen-bond donors (Lipinski definition) is 2. The van der Waals surface area contributed by atoms with Crippen molar-refractivity contribution in [3.05, 3.63) is 0 Å². The lowest BCUT2D eigenvalue weighted by Crippen LogP contribution is -2.51. The second-order valence-electron chi connectivity index (χ2n) is 5.01. The van der Waals surface area contributed by atoms with E-state index in [1.807, 2.05) is 11.8 Å². The molecule has 0 spiro atoms. The summed E-state index contributed by atoms with van der Waals surface area (Å²) in [4.78, 5) is 11.5. The summed E-state index contributed by atoms with van der Waals surface area (Å²) >= 11 is 1.94. The zero-order valence-electron chi connectivity index (χ0n) is 9.78. The van der Waals surface area contributed by atoms with Crippen LogP contribution >= 0.6 is 11.8 Å². The van der Waals surface area contributed by atoms with Crippen LogP contribution in [0.2, 0.25) is 0 Å². The third-order valence-electron chi connectivity index (χ3n) is 3.76. The summed E-state index contributed by atoms with van der Waals surface area (Å²) in [7, 11) is 0. The fraction of sp³-hybridized carbons (Fsp3) is 0.917. The maximum Gasteiger partial charge on any atom is 0.234 e. The Morgan fingerprint density at radius 2 is 2.00 bits per heavy atom. The second-order valence-corrected chi connectivity index (χ2v) is 6.16. The Bertz CT molecular complexity index is 235. The number of amides is 1. The van der Waals surface area contributed by atoms with E-state index in [2.05, 4.69) is 5.32 Å². The van der Waals surface area contributed by atoms with Crippen LogP contribution < -0.4 is 11.1 Å². The van der Waals surface area contributed by atoms with Gasteiger partial charge in [-0.3, -0.25) is 4.79 Å². The molecule has 1 saturated carbocycles. The van der Waals surface area contributed by atoms with Gasteiger partial charge >= 0.3 is 0 Å². The fourth-order valence-electron chi connectivity index (χ4n) is 2.79. The maximum absolute atomic E-state index is 11.5. The second kappa shape index (κ2) is 5.92. The van der Waals surface area contributed by atoms with Gasteiger partial charge in [-0.15, -0.1) is 0 Å². The minimum atomic E-state index is -0.155. The molecule has 0 bridgehead atoms. The van der Waals surface area contributed by atoms with E-state index in [-0.39, 0.29) is 11.9 Å². The van der Waals surface area contributed by atoms with Crippen LogP contribution in [-0.4, -0.2) is 29.5 Å². The van der Waals surface area contributed by atoms with Gasteiger partial charge in [0.15, 0.2) is 0 Å². The third kappa shape index (κ3) is 3.14. The molecule has 1 heterocycles. The Morgan fingerprint density at radius 3 is 2.56 bits per heavy atom. The Hall–Kier alpha value is -0.220. The SMILES string of the molecule is NC(=O)C(NC1CCCCC1)C1CCSC1. The molecular formula is C12H22N2OS. The lowest BCUT2D eigenvalue weighted by molar-refractivity contribution is -0.121. The van der Waals surface area contributed by atoms with Crippen molar-refractivity contribution in [2.24, 2.45) is 11.7 Å². The molecule has 2 aliphatic rings. The molecule has 1 aliphatic heterocycles. The van der Waals surface area contributed by atoms with E-state index in [1.165, 1.54) is 37.9 Å². The van der Waals surface area contributed by atoms with Crippen molar-refractivity contribution in [3.8, 4) is 0 Å². The molecule has 1 aliphatic carbocycles. The Balaban J connectivity index is 1.88. The Labute approximate surface area is 102 Å². The highest BCUT2D eigenvalue weighted by Gasteiger charge is 2.31. The highest BCUT2D eigenvalue weighted by Crippen LogP contribution is 2.27. The molecule has 0 radical (unpaired) electrons. The number of thioether (sulfide) groups is 1. The molecule has 16 heavy (non-hydrogen) atoms. The predicted molar refractivity (Wildman–Crippen MR) is 68.4 cm³/mol. The van der Waals surface area contributed by atoms with E-state index >= 15 is 0 Å². The molecule has 2 fully saturated rings. The fourth-order valence-corrected chi connectivity index (χ4v) is 4.09. The summed E-state index contributed by atoms with van der Waals surface area (Å²) in [5.41, 5.74) is 5.52. The van der Waals surface area contributed by atoms with Gasteiger partial charge < -0.3 is 11.1 Å². The minimum Gasteiger partial charge on any atom is -0.368 e. The molecular weight excluding hydrogens is 220 g/mol. The molecule has 0 aromatic carbocycles. The van der Waals surface area contributed by atoms with Gasteiger partial charge in [0.25, 0.3) is 0 Å². The minimum absolute atomic E-state index is 0.0851. The van der Waals surface area contributed by atoms with Gasteiger partial charge in [0.05, 0.1) is 6.04 Å². The van der Waals surface area contributed by atoms with E-state index in [0.29, 0.717) is 12.0 Å². The van der Waals surface area contributed by atoms with Gasteiger partial charge in [-0.05, 0) is 36.7 Å². The van der Waals surface area contributed by atoms with Crippen molar-refractivity contribution in [1.82, 2.24) is 5.32 Å². The van der Waals surface area contributed by atoms with Crippen LogP contribution in [0.15, 0.2) is 0 Å². The standard InChI is InChI=1S/C12H22N2OS/c13-12(15)11(9-6-7-16-8-9)14-10-4-2-1-3-5-10/h9-11,14H,1-8H2,(H2,13,15). The molecule has 92 valence electrons. The van der Waals surface area contributed by atoms with Gasteiger partial charge in [-0.25, -0.2) is 0 Å². The molecule has 3 N–H and O–H groups in total. The third-order valence-corrected chi connectivity index (χ3v) is 4.95. The van der Waals surface area contributed by atoms with Crippen LogP contribution in [0.25, 0.3) is 0 Å². The number of hydrogen-bond acceptors (Lipinski definition) is 3. The monoisotopic (exact) mass is 242 g/mol. The molecule has 1 saturated heterocycles. The number of primary amides is 1. The molecule has 2 rings (SSSR count). The van der Waals surface area contributed by atoms with Crippen molar-refractivity contribution < 1.29 is 4.79 Å². The van der Waals surface area contributed by atoms with E-state index < -0.39 is 0 Å². The highest BCUT2D eigenvalue weighted by atomic mass is 32.2. The lowest BCUT2D eigenvalue weighted by atomic mass is 9.92. The Kier molecular flexibility index (Phi) is 4.53. The van der Waals surface area contributed by atoms with Crippen molar-refractivity contribution in [3.63, 3.8) is 0 Å². The molecule has 3 nitrogen and oxygen atoms in total. The topological polar surface area (TPSA) is 55.1 Å². The molecule has 0 aromatic rings. The van der Waals surface area contributed by atoms with Gasteiger partial charge in [-0.2, -0.15) is 11.8 Å². The van der Waals surface area contributed by atoms with E-state index in [1.54, 1.807) is 0 Å².